The molecule has 0 bridgehead atoms. The topological polar surface area (TPSA) is 72.5 Å². The normalized spacial score (nSPS) is 11.5. The first-order valence-corrected chi connectivity index (χ1v) is 17.3. The summed E-state index contributed by atoms with van der Waals surface area (Å²) in [6.07, 6.45) is -2.21. The Labute approximate surface area is 271 Å². The molecule has 0 fully saturated rings. The number of anilines is 1. The molecule has 5 rings (SSSR count). The second kappa shape index (κ2) is 13.8. The fraction of sp³-hybridized carbons (Fsp3) is 0.162. The van der Waals surface area contributed by atoms with E-state index in [1.54, 1.807) is 19.2 Å². The zero-order chi connectivity index (χ0) is 32.1. The second-order valence-electron chi connectivity index (χ2n) is 10.5. The fourth-order valence-corrected chi connectivity index (χ4v) is 8.24. The average Bonchev–Trinajstić information content (AvgIpc) is 3.04. The van der Waals surface area contributed by atoms with Crippen LogP contribution < -0.4 is 10.5 Å². The fourth-order valence-electron chi connectivity index (χ4n) is 5.40. The summed E-state index contributed by atoms with van der Waals surface area (Å²) in [5.74, 6) is -0.606. The minimum absolute atomic E-state index is 0.0193. The number of carbonyl (C=O) groups is 1. The Hall–Kier alpha value is -4.31. The minimum atomic E-state index is -4.53. The molecular weight excluding hydrogens is 690 g/mol. The van der Waals surface area contributed by atoms with Crippen molar-refractivity contribution < 1.29 is 27.8 Å². The van der Waals surface area contributed by atoms with Gasteiger partial charge in [0.1, 0.15) is 0 Å². The van der Waals surface area contributed by atoms with Gasteiger partial charge in [0.25, 0.3) is 0 Å². The van der Waals surface area contributed by atoms with Crippen LogP contribution in [0.1, 0.15) is 35.7 Å². The molecule has 3 N–H and O–H groups in total. The van der Waals surface area contributed by atoms with Crippen LogP contribution in [0.5, 0.6) is 5.75 Å². The van der Waals surface area contributed by atoms with Crippen LogP contribution in [-0.2, 0) is 6.18 Å². The molecule has 0 saturated heterocycles. The second-order valence-corrected chi connectivity index (χ2v) is 13.8. The van der Waals surface area contributed by atoms with Crippen LogP contribution in [0, 0.1) is 3.57 Å². The van der Waals surface area contributed by atoms with Crippen molar-refractivity contribution in [3.05, 3.63) is 118 Å². The number of nitrogen functional groups attached to an aromatic ring is 1. The average molecular weight is 724 g/mol. The van der Waals surface area contributed by atoms with Crippen molar-refractivity contribution in [1.29, 1.82) is 0 Å². The van der Waals surface area contributed by atoms with Crippen molar-refractivity contribution in [1.82, 2.24) is 0 Å². The van der Waals surface area contributed by atoms with E-state index < -0.39 is 17.7 Å². The maximum atomic E-state index is 13.5. The molecule has 0 unspecified atom stereocenters. The Morgan fingerprint density at radius 2 is 1.27 bits per heavy atom. The predicted molar refractivity (Wildman–Crippen MR) is 185 cm³/mol. The number of benzene rings is 5. The van der Waals surface area contributed by atoms with Crippen LogP contribution in [0.25, 0.3) is 44.5 Å². The summed E-state index contributed by atoms with van der Waals surface area (Å²) in [5.41, 5.74) is 10.4. The molecule has 0 amide bonds. The van der Waals surface area contributed by atoms with Gasteiger partial charge in [0.2, 0.25) is 0 Å². The molecule has 0 aliphatic heterocycles. The number of hydrogen-bond donors (Lipinski definition) is 2. The number of methoxy groups -OCH3 is 1. The van der Waals surface area contributed by atoms with Gasteiger partial charge < -0.3 is 0 Å². The molecule has 0 aromatic heterocycles. The molecule has 0 radical (unpaired) electrons. The number of carboxylic acid groups (broad SMARTS) is 1. The number of nitrogens with two attached hydrogens (primary N) is 1. The Morgan fingerprint density at radius 3 is 1.82 bits per heavy atom. The van der Waals surface area contributed by atoms with Crippen molar-refractivity contribution in [2.24, 2.45) is 0 Å². The summed E-state index contributed by atoms with van der Waals surface area (Å²) >= 11 is -0.371. The van der Waals surface area contributed by atoms with Crippen LogP contribution in [0.2, 0.25) is 0 Å². The summed E-state index contributed by atoms with van der Waals surface area (Å²) in [5, 5.41) is 10.7. The van der Waals surface area contributed by atoms with E-state index in [-0.39, 0.29) is 32.5 Å². The molecular formula is C37H33F3INO3. The summed E-state index contributed by atoms with van der Waals surface area (Å²) in [4.78, 5) is 13.1. The molecule has 5 aromatic rings. The molecule has 232 valence electrons. The summed E-state index contributed by atoms with van der Waals surface area (Å²) in [6, 6.07) is 29.4. The van der Waals surface area contributed by atoms with Crippen LogP contribution in [0.3, 0.4) is 0 Å². The molecule has 0 aliphatic rings. The third-order valence-corrected chi connectivity index (χ3v) is 10.7. The SMILES string of the molecule is CCCC[IH]c1ccc(-c2c(C(=O)O)c(N)c(-c3ccc(C(F)(F)F)cc3)c(-c3ccccc3)c2-c2ccc(OC)cc2)cc1. The molecule has 0 atom stereocenters. The van der Waals surface area contributed by atoms with Crippen molar-refractivity contribution in [3.63, 3.8) is 0 Å². The van der Waals surface area contributed by atoms with Crippen LogP contribution >= 0.6 is 21.2 Å². The van der Waals surface area contributed by atoms with E-state index in [1.165, 1.54) is 26.6 Å². The van der Waals surface area contributed by atoms with Gasteiger partial charge in [0, 0.05) is 0 Å². The van der Waals surface area contributed by atoms with E-state index >= 15 is 0 Å². The number of rotatable bonds is 10. The molecule has 4 nitrogen and oxygen atoms in total. The zero-order valence-corrected chi connectivity index (χ0v) is 27.1. The first-order valence-electron chi connectivity index (χ1n) is 14.5. The molecule has 0 aliphatic carbocycles. The van der Waals surface area contributed by atoms with Gasteiger partial charge in [0.05, 0.1) is 0 Å². The molecule has 8 heteroatoms. The van der Waals surface area contributed by atoms with Gasteiger partial charge in [-0.05, 0) is 0 Å². The van der Waals surface area contributed by atoms with Gasteiger partial charge in [-0.15, -0.1) is 0 Å². The number of unbranched alkanes of at least 4 members (excludes halogenated alkanes) is 1. The van der Waals surface area contributed by atoms with Gasteiger partial charge in [-0.25, -0.2) is 0 Å². The van der Waals surface area contributed by atoms with Crippen LogP contribution in [0.15, 0.2) is 103 Å². The Bertz CT molecular complexity index is 1790. The predicted octanol–water partition coefficient (Wildman–Crippen LogP) is 10.3. The standard InChI is InChI=1S/C37H33F3INO3/c1-3-4-22-41-28-18-12-24(13-19-28)32-30(25-14-20-29(45-2)21-15-25)31(23-8-6-5-7-9-23)33(35(42)34(32)36(43)44)26-10-16-27(17-11-26)37(38,39)40/h5-21,41H,3-4,22,42H2,1-2H3,(H,43,44). The molecule has 0 heterocycles. The van der Waals surface area contributed by atoms with E-state index in [9.17, 15) is 23.1 Å². The van der Waals surface area contributed by atoms with Gasteiger partial charge >= 0.3 is 259 Å². The van der Waals surface area contributed by atoms with Crippen molar-refractivity contribution in [2.45, 2.75) is 25.9 Å². The third-order valence-electron chi connectivity index (χ3n) is 7.60. The Morgan fingerprint density at radius 1 is 0.756 bits per heavy atom. The van der Waals surface area contributed by atoms with Gasteiger partial charge in [-0.1, -0.05) is 0 Å². The first kappa shape index (κ1) is 32.1. The van der Waals surface area contributed by atoms with Crippen LogP contribution in [0.4, 0.5) is 18.9 Å². The van der Waals surface area contributed by atoms with Crippen molar-refractivity contribution in [3.8, 4) is 50.3 Å². The number of ether oxygens (including phenoxy) is 1. The van der Waals surface area contributed by atoms with E-state index in [0.29, 0.717) is 44.7 Å². The number of alkyl halides is 4. The van der Waals surface area contributed by atoms with Gasteiger partial charge in [-0.3, -0.25) is 0 Å². The van der Waals surface area contributed by atoms with Gasteiger partial charge in [-0.2, -0.15) is 13.2 Å². The van der Waals surface area contributed by atoms with Crippen molar-refractivity contribution in [2.75, 3.05) is 17.3 Å². The van der Waals surface area contributed by atoms with E-state index in [4.69, 9.17) is 10.5 Å². The van der Waals surface area contributed by atoms with E-state index in [1.807, 2.05) is 54.6 Å². The first-order chi connectivity index (χ1) is 21.6. The van der Waals surface area contributed by atoms with Gasteiger partial charge in [0.15, 0.2) is 0 Å². The molecule has 0 saturated carbocycles. The Kier molecular flexibility index (Phi) is 9.82. The number of hydrogen-bond acceptors (Lipinski definition) is 3. The van der Waals surface area contributed by atoms with E-state index in [2.05, 4.69) is 19.1 Å². The number of halogens is 4. The summed E-state index contributed by atoms with van der Waals surface area (Å²) in [6.45, 7) is 2.17. The summed E-state index contributed by atoms with van der Waals surface area (Å²) < 4.78 is 48.4. The molecule has 45 heavy (non-hydrogen) atoms. The van der Waals surface area contributed by atoms with Crippen molar-refractivity contribution >= 4 is 32.9 Å². The maximum absolute atomic E-state index is 13.5. The van der Waals surface area contributed by atoms with E-state index in [0.717, 1.165) is 24.1 Å². The number of aromatic carboxylic acids is 1. The monoisotopic (exact) mass is 723 g/mol. The van der Waals surface area contributed by atoms with Crippen LogP contribution in [-0.4, -0.2) is 22.6 Å². The number of carboxylic acids is 1. The third kappa shape index (κ3) is 6.86. The molecule has 0 spiro atoms. The zero-order valence-electron chi connectivity index (χ0n) is 24.8. The quantitative estimate of drug-likeness (QED) is 0.0651. The molecule has 5 aromatic carbocycles. The Balaban J connectivity index is 1.90. The summed E-state index contributed by atoms with van der Waals surface area (Å²) in [7, 11) is 1.56.